The second kappa shape index (κ2) is 8.06. The molecule has 1 atom stereocenters. The lowest BCUT2D eigenvalue weighted by atomic mass is 10.2. The number of hydrogen-bond donors (Lipinski definition) is 2. The molecule has 2 aliphatic heterocycles. The van der Waals surface area contributed by atoms with Gasteiger partial charge in [-0.25, -0.2) is 4.98 Å². The van der Waals surface area contributed by atoms with E-state index in [1.807, 2.05) is 11.5 Å². The Morgan fingerprint density at radius 3 is 2.96 bits per heavy atom. The third kappa shape index (κ3) is 3.52. The van der Waals surface area contributed by atoms with Crippen molar-refractivity contribution in [3.63, 3.8) is 0 Å². The third-order valence-electron chi connectivity index (χ3n) is 5.29. The molecule has 142 valence electrons. The van der Waals surface area contributed by atoms with E-state index >= 15 is 0 Å². The van der Waals surface area contributed by atoms with Gasteiger partial charge in [-0.15, -0.1) is 23.7 Å². The van der Waals surface area contributed by atoms with Crippen LogP contribution in [0.15, 0.2) is 4.79 Å². The first-order valence-corrected chi connectivity index (χ1v) is 10.0. The van der Waals surface area contributed by atoms with Gasteiger partial charge < -0.3 is 10.6 Å². The minimum absolute atomic E-state index is 0. The van der Waals surface area contributed by atoms with Gasteiger partial charge in [0.15, 0.2) is 0 Å². The molecule has 4 rings (SSSR count). The number of fused-ring (bicyclic) bond motifs is 2. The van der Waals surface area contributed by atoms with E-state index in [0.717, 1.165) is 63.0 Å². The summed E-state index contributed by atoms with van der Waals surface area (Å²) in [6.07, 6.45) is 6.33. The van der Waals surface area contributed by atoms with E-state index in [1.54, 1.807) is 0 Å². The Morgan fingerprint density at radius 1 is 1.35 bits per heavy atom. The van der Waals surface area contributed by atoms with Gasteiger partial charge in [-0.1, -0.05) is 6.42 Å². The summed E-state index contributed by atoms with van der Waals surface area (Å²) < 4.78 is 1.82. The maximum atomic E-state index is 12.9. The van der Waals surface area contributed by atoms with Crippen molar-refractivity contribution >= 4 is 39.9 Å². The highest BCUT2D eigenvalue weighted by atomic mass is 35.5. The predicted molar refractivity (Wildman–Crippen MR) is 107 cm³/mol. The molecule has 1 unspecified atom stereocenters. The molecule has 1 amide bonds. The topological polar surface area (TPSA) is 76.0 Å². The zero-order chi connectivity index (χ0) is 17.4. The van der Waals surface area contributed by atoms with E-state index in [-0.39, 0.29) is 23.9 Å². The standard InChI is InChI=1S/C18H24N4O2S.ClH/c1-11-14-17(21-13-7-3-2-4-9-22(13)18(14)24)25-15(11)16(23)20-10-12-6-5-8-19-12;/h12,19H,2-10H2,1H3,(H,20,23);1H. The number of rotatable bonds is 3. The maximum Gasteiger partial charge on any atom is 0.262 e. The number of aromatic nitrogens is 2. The first-order chi connectivity index (χ1) is 12.1. The summed E-state index contributed by atoms with van der Waals surface area (Å²) in [6, 6.07) is 0.360. The summed E-state index contributed by atoms with van der Waals surface area (Å²) in [5, 5.41) is 7.02. The molecule has 6 nitrogen and oxygen atoms in total. The van der Waals surface area contributed by atoms with Crippen LogP contribution in [0.2, 0.25) is 0 Å². The van der Waals surface area contributed by atoms with Crippen LogP contribution in [-0.2, 0) is 13.0 Å². The lowest BCUT2D eigenvalue weighted by Crippen LogP contribution is -2.37. The summed E-state index contributed by atoms with van der Waals surface area (Å²) in [6.45, 7) is 4.26. The van der Waals surface area contributed by atoms with Gasteiger partial charge >= 0.3 is 0 Å². The van der Waals surface area contributed by atoms with Crippen molar-refractivity contribution in [2.24, 2.45) is 0 Å². The van der Waals surface area contributed by atoms with E-state index in [1.165, 1.54) is 11.3 Å². The molecule has 2 N–H and O–H groups in total. The number of amides is 1. The smallest absolute Gasteiger partial charge is 0.262 e. The van der Waals surface area contributed by atoms with Crippen molar-refractivity contribution in [1.29, 1.82) is 0 Å². The monoisotopic (exact) mass is 396 g/mol. The fourth-order valence-electron chi connectivity index (χ4n) is 3.85. The lowest BCUT2D eigenvalue weighted by Gasteiger charge is -2.11. The average Bonchev–Trinajstić information content (AvgIpc) is 3.15. The predicted octanol–water partition coefficient (Wildman–Crippen LogP) is 2.40. The van der Waals surface area contributed by atoms with E-state index in [4.69, 9.17) is 4.98 Å². The number of halogens is 1. The SMILES string of the molecule is Cc1c(C(=O)NCC2CCCN2)sc2nc3n(c(=O)c12)CCCCC3.Cl. The molecule has 0 bridgehead atoms. The molecule has 2 aromatic heterocycles. The number of carbonyl (C=O) groups excluding carboxylic acids is 1. The summed E-state index contributed by atoms with van der Waals surface area (Å²) in [5.41, 5.74) is 0.793. The largest absolute Gasteiger partial charge is 0.350 e. The van der Waals surface area contributed by atoms with Crippen LogP contribution in [-0.4, -0.2) is 34.6 Å². The van der Waals surface area contributed by atoms with Crippen molar-refractivity contribution in [3.05, 3.63) is 26.6 Å². The highest BCUT2D eigenvalue weighted by molar-refractivity contribution is 7.20. The highest BCUT2D eigenvalue weighted by Crippen LogP contribution is 2.28. The van der Waals surface area contributed by atoms with Gasteiger partial charge in [0.05, 0.1) is 10.3 Å². The normalized spacial score (nSPS) is 19.7. The number of hydrogen-bond acceptors (Lipinski definition) is 5. The summed E-state index contributed by atoms with van der Waals surface area (Å²) in [4.78, 5) is 31.6. The van der Waals surface area contributed by atoms with Crippen LogP contribution in [0.4, 0.5) is 0 Å². The molecule has 26 heavy (non-hydrogen) atoms. The lowest BCUT2D eigenvalue weighted by molar-refractivity contribution is 0.0954. The van der Waals surface area contributed by atoms with Crippen LogP contribution < -0.4 is 16.2 Å². The fraction of sp³-hybridized carbons (Fsp3) is 0.611. The van der Waals surface area contributed by atoms with Gasteiger partial charge in [0.25, 0.3) is 11.5 Å². The molecule has 0 aromatic carbocycles. The van der Waals surface area contributed by atoms with Crippen molar-refractivity contribution < 1.29 is 4.79 Å². The molecule has 1 saturated heterocycles. The summed E-state index contributed by atoms with van der Waals surface area (Å²) >= 11 is 1.35. The minimum Gasteiger partial charge on any atom is -0.350 e. The maximum absolute atomic E-state index is 12.9. The average molecular weight is 397 g/mol. The van der Waals surface area contributed by atoms with E-state index in [2.05, 4.69) is 10.6 Å². The van der Waals surface area contributed by atoms with Crippen LogP contribution in [0.5, 0.6) is 0 Å². The Morgan fingerprint density at radius 2 is 2.19 bits per heavy atom. The van der Waals surface area contributed by atoms with Crippen molar-refractivity contribution in [1.82, 2.24) is 20.2 Å². The van der Waals surface area contributed by atoms with Crippen LogP contribution in [0, 0.1) is 6.92 Å². The van der Waals surface area contributed by atoms with Gasteiger partial charge in [-0.2, -0.15) is 0 Å². The quantitative estimate of drug-likeness (QED) is 0.835. The Labute approximate surface area is 162 Å². The van der Waals surface area contributed by atoms with E-state index in [0.29, 0.717) is 27.7 Å². The molecular weight excluding hydrogens is 372 g/mol. The van der Waals surface area contributed by atoms with Gasteiger partial charge in [0.1, 0.15) is 10.7 Å². The van der Waals surface area contributed by atoms with Crippen LogP contribution in [0.1, 0.15) is 53.2 Å². The second-order valence-corrected chi connectivity index (χ2v) is 8.03. The van der Waals surface area contributed by atoms with Crippen LogP contribution >= 0.6 is 23.7 Å². The molecule has 0 spiro atoms. The molecule has 0 saturated carbocycles. The first kappa shape index (κ1) is 19.3. The number of aryl methyl sites for hydroxylation is 2. The summed E-state index contributed by atoms with van der Waals surface area (Å²) in [7, 11) is 0. The van der Waals surface area contributed by atoms with Gasteiger partial charge in [-0.3, -0.25) is 14.2 Å². The Bertz CT molecular complexity index is 870. The van der Waals surface area contributed by atoms with Gasteiger partial charge in [0.2, 0.25) is 0 Å². The molecular formula is C18H25ClN4O2S. The number of thiophene rings is 1. The zero-order valence-corrected chi connectivity index (χ0v) is 16.6. The fourth-order valence-corrected chi connectivity index (χ4v) is 4.96. The molecule has 8 heteroatoms. The molecule has 0 radical (unpaired) electrons. The highest BCUT2D eigenvalue weighted by Gasteiger charge is 2.23. The molecule has 2 aromatic rings. The van der Waals surface area contributed by atoms with Crippen molar-refractivity contribution in [2.45, 2.75) is 58.0 Å². The Balaban J connectivity index is 0.00000196. The molecule has 4 heterocycles. The number of carbonyl (C=O) groups is 1. The third-order valence-corrected chi connectivity index (χ3v) is 6.47. The first-order valence-electron chi connectivity index (χ1n) is 9.19. The summed E-state index contributed by atoms with van der Waals surface area (Å²) in [5.74, 6) is 0.784. The number of nitrogens with one attached hydrogen (secondary N) is 2. The van der Waals surface area contributed by atoms with E-state index < -0.39 is 0 Å². The van der Waals surface area contributed by atoms with Crippen molar-refractivity contribution in [3.8, 4) is 0 Å². The van der Waals surface area contributed by atoms with Crippen LogP contribution in [0.25, 0.3) is 10.2 Å². The van der Waals surface area contributed by atoms with Gasteiger partial charge in [-0.05, 0) is 44.7 Å². The molecule has 0 aliphatic carbocycles. The zero-order valence-electron chi connectivity index (χ0n) is 15.0. The van der Waals surface area contributed by atoms with Crippen LogP contribution in [0.3, 0.4) is 0 Å². The Kier molecular flexibility index (Phi) is 5.99. The Hall–Kier alpha value is -1.44. The van der Waals surface area contributed by atoms with E-state index in [9.17, 15) is 9.59 Å². The van der Waals surface area contributed by atoms with Gasteiger partial charge in [0, 0.05) is 25.6 Å². The second-order valence-electron chi connectivity index (χ2n) is 7.04. The molecule has 2 aliphatic rings. The molecule has 1 fully saturated rings. The number of nitrogens with zero attached hydrogens (tertiary/aromatic N) is 2. The minimum atomic E-state index is -0.0891. The van der Waals surface area contributed by atoms with Crippen molar-refractivity contribution in [2.75, 3.05) is 13.1 Å².